The van der Waals surface area contributed by atoms with Gasteiger partial charge in [-0.2, -0.15) is 0 Å². The van der Waals surface area contributed by atoms with Gasteiger partial charge in [-0.1, -0.05) is 12.1 Å². The summed E-state index contributed by atoms with van der Waals surface area (Å²) in [4.78, 5) is 4.85. The molecule has 25 heavy (non-hydrogen) atoms. The van der Waals surface area contributed by atoms with E-state index in [9.17, 15) is 0 Å². The topological polar surface area (TPSA) is 56.6 Å². The molecule has 0 amide bonds. The first-order chi connectivity index (χ1) is 12.3. The van der Waals surface area contributed by atoms with Crippen molar-refractivity contribution in [2.45, 2.75) is 31.0 Å². The van der Waals surface area contributed by atoms with E-state index in [0.29, 0.717) is 24.4 Å². The van der Waals surface area contributed by atoms with Crippen molar-refractivity contribution in [2.24, 2.45) is 0 Å². The van der Waals surface area contributed by atoms with E-state index < -0.39 is 0 Å². The molecule has 4 heterocycles. The number of hydrogen-bond acceptors (Lipinski definition) is 6. The van der Waals surface area contributed by atoms with Gasteiger partial charge in [0, 0.05) is 38.4 Å². The fourth-order valence-corrected chi connectivity index (χ4v) is 3.32. The summed E-state index contributed by atoms with van der Waals surface area (Å²) >= 11 is 0. The Morgan fingerprint density at radius 3 is 1.56 bits per heavy atom. The third-order valence-electron chi connectivity index (χ3n) is 5.09. The van der Waals surface area contributed by atoms with Crippen LogP contribution in [-0.4, -0.2) is 81.9 Å². The lowest BCUT2D eigenvalue weighted by molar-refractivity contribution is 0.213. The molecular formula is C19H26N2O4. The van der Waals surface area contributed by atoms with Crippen LogP contribution in [0.15, 0.2) is 24.3 Å². The predicted molar refractivity (Wildman–Crippen MR) is 92.9 cm³/mol. The molecule has 0 spiro atoms. The quantitative estimate of drug-likeness (QED) is 0.555. The lowest BCUT2D eigenvalue weighted by Gasteiger charge is -2.24. The number of hydrogen-bond donors (Lipinski definition) is 0. The smallest absolute Gasteiger partial charge is 0.0984 e. The van der Waals surface area contributed by atoms with E-state index in [1.165, 1.54) is 11.3 Å². The highest BCUT2D eigenvalue weighted by Gasteiger charge is 2.32. The number of benzene rings is 1. The Morgan fingerprint density at radius 1 is 0.680 bits per heavy atom. The van der Waals surface area contributed by atoms with E-state index in [1.54, 1.807) is 0 Å². The molecule has 136 valence electrons. The van der Waals surface area contributed by atoms with Gasteiger partial charge < -0.3 is 23.8 Å². The summed E-state index contributed by atoms with van der Waals surface area (Å²) in [7, 11) is 0. The SMILES string of the molecule is c1cc(N(CC2CO2)CC2CO2)ccc1CN(CC1CO1)CC1CO1. The summed E-state index contributed by atoms with van der Waals surface area (Å²) in [5, 5.41) is 0. The number of epoxide rings is 4. The Hall–Kier alpha value is -1.18. The zero-order valence-corrected chi connectivity index (χ0v) is 14.5. The second-order valence-corrected chi connectivity index (χ2v) is 7.59. The van der Waals surface area contributed by atoms with Gasteiger partial charge in [-0.25, -0.2) is 0 Å². The second kappa shape index (κ2) is 6.85. The Kier molecular flexibility index (Phi) is 4.39. The van der Waals surface area contributed by atoms with E-state index in [2.05, 4.69) is 34.1 Å². The van der Waals surface area contributed by atoms with E-state index >= 15 is 0 Å². The molecule has 4 aliphatic rings. The van der Waals surface area contributed by atoms with Crippen molar-refractivity contribution in [1.29, 1.82) is 0 Å². The number of nitrogens with zero attached hydrogens (tertiary/aromatic N) is 2. The predicted octanol–water partition coefficient (Wildman–Crippen LogP) is 0.890. The first-order valence-corrected chi connectivity index (χ1v) is 9.34. The number of anilines is 1. The highest BCUT2D eigenvalue weighted by molar-refractivity contribution is 5.48. The van der Waals surface area contributed by atoms with Crippen LogP contribution in [-0.2, 0) is 25.5 Å². The maximum absolute atomic E-state index is 5.41. The Morgan fingerprint density at radius 2 is 1.12 bits per heavy atom. The van der Waals surface area contributed by atoms with Gasteiger partial charge in [0.15, 0.2) is 0 Å². The zero-order chi connectivity index (χ0) is 16.6. The van der Waals surface area contributed by atoms with Crippen molar-refractivity contribution in [1.82, 2.24) is 4.90 Å². The lowest BCUT2D eigenvalue weighted by atomic mass is 10.1. The molecule has 0 N–H and O–H groups in total. The third-order valence-corrected chi connectivity index (χ3v) is 5.09. The lowest BCUT2D eigenvalue weighted by Crippen LogP contribution is -2.32. The van der Waals surface area contributed by atoms with Gasteiger partial charge in [0.05, 0.1) is 50.8 Å². The van der Waals surface area contributed by atoms with Crippen molar-refractivity contribution in [2.75, 3.05) is 57.5 Å². The van der Waals surface area contributed by atoms with Crippen molar-refractivity contribution < 1.29 is 18.9 Å². The van der Waals surface area contributed by atoms with Crippen LogP contribution >= 0.6 is 0 Å². The van der Waals surface area contributed by atoms with Crippen LogP contribution in [0.4, 0.5) is 5.69 Å². The van der Waals surface area contributed by atoms with E-state index in [0.717, 1.165) is 59.2 Å². The summed E-state index contributed by atoms with van der Waals surface area (Å²) in [6, 6.07) is 8.97. The van der Waals surface area contributed by atoms with Crippen LogP contribution < -0.4 is 4.90 Å². The summed E-state index contributed by atoms with van der Waals surface area (Å²) in [6.07, 6.45) is 1.63. The number of ether oxygens (including phenoxy) is 4. The average molecular weight is 346 g/mol. The molecular weight excluding hydrogens is 320 g/mol. The molecule has 4 atom stereocenters. The summed E-state index contributed by atoms with van der Waals surface area (Å²) < 4.78 is 21.6. The van der Waals surface area contributed by atoms with Crippen molar-refractivity contribution in [3.05, 3.63) is 29.8 Å². The standard InChI is InChI=1S/C19H26N2O4/c1-3-15(21(8-18-12-24-18)9-19-13-25-19)4-2-14(1)5-20(6-16-10-22-16)7-17-11-23-17/h1-4,16-19H,5-13H2. The highest BCUT2D eigenvalue weighted by Crippen LogP contribution is 2.24. The maximum atomic E-state index is 5.41. The molecule has 4 unspecified atom stereocenters. The molecule has 6 nitrogen and oxygen atoms in total. The van der Waals surface area contributed by atoms with Gasteiger partial charge in [0.1, 0.15) is 0 Å². The summed E-state index contributed by atoms with van der Waals surface area (Å²) in [6.45, 7) is 8.48. The maximum Gasteiger partial charge on any atom is 0.0984 e. The van der Waals surface area contributed by atoms with Crippen molar-refractivity contribution in [3.63, 3.8) is 0 Å². The van der Waals surface area contributed by atoms with Crippen molar-refractivity contribution >= 4 is 5.69 Å². The van der Waals surface area contributed by atoms with Crippen LogP contribution in [0.1, 0.15) is 5.56 Å². The van der Waals surface area contributed by atoms with E-state index in [-0.39, 0.29) is 0 Å². The van der Waals surface area contributed by atoms with Crippen molar-refractivity contribution in [3.8, 4) is 0 Å². The van der Waals surface area contributed by atoms with Gasteiger partial charge in [0.2, 0.25) is 0 Å². The summed E-state index contributed by atoms with van der Waals surface area (Å²) in [5.41, 5.74) is 2.60. The molecule has 0 radical (unpaired) electrons. The van der Waals surface area contributed by atoms with Crippen LogP contribution in [0.2, 0.25) is 0 Å². The molecule has 4 fully saturated rings. The Labute approximate surface area is 148 Å². The van der Waals surface area contributed by atoms with Gasteiger partial charge in [0.25, 0.3) is 0 Å². The van der Waals surface area contributed by atoms with E-state index in [4.69, 9.17) is 18.9 Å². The minimum absolute atomic E-state index is 0.394. The van der Waals surface area contributed by atoms with Gasteiger partial charge >= 0.3 is 0 Å². The molecule has 1 aromatic rings. The summed E-state index contributed by atoms with van der Waals surface area (Å²) in [5.74, 6) is 0. The first kappa shape index (κ1) is 16.0. The minimum Gasteiger partial charge on any atom is -0.372 e. The Balaban J connectivity index is 1.21. The molecule has 1 aromatic carbocycles. The molecule has 4 saturated heterocycles. The Bertz CT molecular complexity index is 552. The number of rotatable bonds is 11. The van der Waals surface area contributed by atoms with Gasteiger partial charge in [-0.3, -0.25) is 4.90 Å². The largest absolute Gasteiger partial charge is 0.372 e. The molecule has 0 aliphatic carbocycles. The van der Waals surface area contributed by atoms with Crippen LogP contribution in [0.5, 0.6) is 0 Å². The molecule has 0 aromatic heterocycles. The fourth-order valence-electron chi connectivity index (χ4n) is 3.32. The molecule has 0 saturated carbocycles. The molecule has 6 heteroatoms. The van der Waals surface area contributed by atoms with Gasteiger partial charge in [-0.05, 0) is 17.7 Å². The monoisotopic (exact) mass is 346 g/mol. The second-order valence-electron chi connectivity index (χ2n) is 7.59. The molecule has 5 rings (SSSR count). The van der Waals surface area contributed by atoms with E-state index in [1.807, 2.05) is 0 Å². The molecule has 4 aliphatic heterocycles. The minimum atomic E-state index is 0.394. The normalized spacial score (nSPS) is 31.9. The van der Waals surface area contributed by atoms with Crippen LogP contribution in [0.25, 0.3) is 0 Å². The fraction of sp³-hybridized carbons (Fsp3) is 0.684. The average Bonchev–Trinajstić information content (AvgIpc) is 3.45. The molecule has 0 bridgehead atoms. The third kappa shape index (κ3) is 4.92. The highest BCUT2D eigenvalue weighted by atomic mass is 16.6. The van der Waals surface area contributed by atoms with Crippen LogP contribution in [0.3, 0.4) is 0 Å². The first-order valence-electron chi connectivity index (χ1n) is 9.34. The van der Waals surface area contributed by atoms with Gasteiger partial charge in [-0.15, -0.1) is 0 Å². The zero-order valence-electron chi connectivity index (χ0n) is 14.5. The van der Waals surface area contributed by atoms with Crippen LogP contribution in [0, 0.1) is 0 Å².